The largest absolute Gasteiger partial charge is 0.207 e. The zero-order valence-corrected chi connectivity index (χ0v) is 13.2. The van der Waals surface area contributed by atoms with Crippen molar-refractivity contribution in [3.8, 4) is 0 Å². The summed E-state index contributed by atoms with van der Waals surface area (Å²) in [4.78, 5) is 0. The highest BCUT2D eigenvalue weighted by Crippen LogP contribution is 2.35. The van der Waals surface area contributed by atoms with Crippen LogP contribution in [-0.2, 0) is 0 Å². The third-order valence-corrected chi connectivity index (χ3v) is 4.26. The van der Waals surface area contributed by atoms with E-state index in [1.807, 2.05) is 0 Å². The summed E-state index contributed by atoms with van der Waals surface area (Å²) in [5, 5.41) is -1.11. The second kappa shape index (κ2) is 5.85. The molecule has 0 aromatic heterocycles. The molecule has 0 aliphatic rings. The third-order valence-electron chi connectivity index (χ3n) is 2.57. The van der Waals surface area contributed by atoms with E-state index in [0.29, 0.717) is 0 Å². The van der Waals surface area contributed by atoms with Crippen LogP contribution in [0.15, 0.2) is 39.3 Å². The van der Waals surface area contributed by atoms with Crippen LogP contribution in [0.4, 0.5) is 13.2 Å². The Bertz CT molecular complexity index is 632. The average Bonchev–Trinajstić information content (AvgIpc) is 2.36. The summed E-state index contributed by atoms with van der Waals surface area (Å²) in [5.41, 5.74) is -0.0315. The van der Waals surface area contributed by atoms with E-state index in [0.717, 1.165) is 12.1 Å². The van der Waals surface area contributed by atoms with Gasteiger partial charge in [0, 0.05) is 11.1 Å². The molecule has 0 radical (unpaired) electrons. The molecule has 0 saturated heterocycles. The Kier molecular flexibility index (Phi) is 4.58. The molecule has 0 aliphatic heterocycles. The maximum Gasteiger partial charge on any atom is 0.142 e. The van der Waals surface area contributed by atoms with Crippen molar-refractivity contribution < 1.29 is 13.2 Å². The van der Waals surface area contributed by atoms with Crippen LogP contribution in [0.5, 0.6) is 0 Å². The van der Waals surface area contributed by atoms with Crippen molar-refractivity contribution in [1.29, 1.82) is 0 Å². The topological polar surface area (TPSA) is 0 Å². The lowest BCUT2D eigenvalue weighted by atomic mass is 10.0. The highest BCUT2D eigenvalue weighted by Gasteiger charge is 2.21. The Labute approximate surface area is 129 Å². The van der Waals surface area contributed by atoms with Gasteiger partial charge >= 0.3 is 0 Å². The molecule has 6 heteroatoms. The quantitative estimate of drug-likeness (QED) is 0.420. The number of benzene rings is 2. The molecule has 2 aromatic carbocycles. The van der Waals surface area contributed by atoms with Gasteiger partial charge in [-0.1, -0.05) is 12.1 Å². The molecule has 0 saturated carbocycles. The zero-order valence-electron chi connectivity index (χ0n) is 9.23. The van der Waals surface area contributed by atoms with Crippen LogP contribution < -0.4 is 0 Å². The van der Waals surface area contributed by atoms with Crippen molar-refractivity contribution in [2.45, 2.75) is 5.38 Å². The molecule has 1 unspecified atom stereocenters. The van der Waals surface area contributed by atoms with Gasteiger partial charge in [-0.25, -0.2) is 13.2 Å². The van der Waals surface area contributed by atoms with E-state index in [2.05, 4.69) is 31.9 Å². The van der Waals surface area contributed by atoms with Crippen LogP contribution in [-0.4, -0.2) is 0 Å². The summed E-state index contributed by atoms with van der Waals surface area (Å²) in [7, 11) is 0. The van der Waals surface area contributed by atoms with Crippen LogP contribution in [0, 0.1) is 17.5 Å². The van der Waals surface area contributed by atoms with Crippen molar-refractivity contribution in [3.63, 3.8) is 0 Å². The fraction of sp³-hybridized carbons (Fsp3) is 0.0769. The van der Waals surface area contributed by atoms with Gasteiger partial charge < -0.3 is 0 Å². The Hall–Kier alpha value is -0.520. The standard InChI is InChI=1S/C13H6Br2ClF3/c14-8-3-1-2-6(13(8)19)12(16)7-4-11(18)9(15)5-10(7)17/h1-5,12H. The van der Waals surface area contributed by atoms with Crippen LogP contribution in [0.3, 0.4) is 0 Å². The van der Waals surface area contributed by atoms with E-state index in [1.165, 1.54) is 12.1 Å². The Balaban J connectivity index is 2.53. The molecule has 0 nitrogen and oxygen atoms in total. The molecule has 0 aliphatic carbocycles. The molecule has 0 N–H and O–H groups in total. The number of alkyl halides is 1. The predicted octanol–water partition coefficient (Wildman–Crippen LogP) is 5.96. The maximum atomic E-state index is 13.9. The van der Waals surface area contributed by atoms with Crippen molar-refractivity contribution in [1.82, 2.24) is 0 Å². The summed E-state index contributed by atoms with van der Waals surface area (Å²) in [6.07, 6.45) is 0. The highest BCUT2D eigenvalue weighted by molar-refractivity contribution is 9.10. The molecule has 0 amide bonds. The molecule has 0 fully saturated rings. The fourth-order valence-corrected chi connectivity index (χ4v) is 2.65. The summed E-state index contributed by atoms with van der Waals surface area (Å²) in [6, 6.07) is 6.43. The Morgan fingerprint density at radius 3 is 2.26 bits per heavy atom. The molecular weight excluding hydrogens is 408 g/mol. The number of hydrogen-bond donors (Lipinski definition) is 0. The minimum absolute atomic E-state index is 0.00710. The van der Waals surface area contributed by atoms with Gasteiger partial charge in [0.15, 0.2) is 0 Å². The van der Waals surface area contributed by atoms with Crippen molar-refractivity contribution in [2.24, 2.45) is 0 Å². The van der Waals surface area contributed by atoms with Gasteiger partial charge in [-0.3, -0.25) is 0 Å². The molecule has 1 atom stereocenters. The lowest BCUT2D eigenvalue weighted by Crippen LogP contribution is -2.01. The van der Waals surface area contributed by atoms with Gasteiger partial charge in [0.2, 0.25) is 0 Å². The van der Waals surface area contributed by atoms with Gasteiger partial charge in [-0.15, -0.1) is 11.6 Å². The lowest BCUT2D eigenvalue weighted by Gasteiger charge is -2.13. The van der Waals surface area contributed by atoms with Gasteiger partial charge in [0.05, 0.1) is 14.3 Å². The first-order valence-corrected chi connectivity index (χ1v) is 7.16. The van der Waals surface area contributed by atoms with Crippen molar-refractivity contribution >= 4 is 43.5 Å². The van der Waals surface area contributed by atoms with Crippen LogP contribution >= 0.6 is 43.5 Å². The second-order valence-corrected chi connectivity index (χ2v) is 5.94. The first-order valence-electron chi connectivity index (χ1n) is 5.14. The van der Waals surface area contributed by atoms with E-state index in [9.17, 15) is 13.2 Å². The van der Waals surface area contributed by atoms with E-state index < -0.39 is 22.8 Å². The Morgan fingerprint density at radius 2 is 1.58 bits per heavy atom. The monoisotopic (exact) mass is 412 g/mol. The van der Waals surface area contributed by atoms with Crippen molar-refractivity contribution in [2.75, 3.05) is 0 Å². The van der Waals surface area contributed by atoms with E-state index in [4.69, 9.17) is 11.6 Å². The van der Waals surface area contributed by atoms with E-state index in [-0.39, 0.29) is 20.1 Å². The van der Waals surface area contributed by atoms with Crippen LogP contribution in [0.2, 0.25) is 0 Å². The lowest BCUT2D eigenvalue weighted by molar-refractivity contribution is 0.575. The van der Waals surface area contributed by atoms with Gasteiger partial charge in [-0.05, 0) is 50.1 Å². The number of rotatable bonds is 2. The third kappa shape index (κ3) is 2.98. The maximum absolute atomic E-state index is 13.9. The molecule has 0 spiro atoms. The molecule has 19 heavy (non-hydrogen) atoms. The minimum Gasteiger partial charge on any atom is -0.207 e. The first-order chi connectivity index (χ1) is 8.91. The molecule has 0 heterocycles. The zero-order chi connectivity index (χ0) is 14.2. The predicted molar refractivity (Wildman–Crippen MR) is 75.9 cm³/mol. The van der Waals surface area contributed by atoms with Crippen LogP contribution in [0.1, 0.15) is 16.5 Å². The molecular formula is C13H6Br2ClF3. The van der Waals surface area contributed by atoms with Crippen LogP contribution in [0.25, 0.3) is 0 Å². The summed E-state index contributed by atoms with van der Waals surface area (Å²) >= 11 is 12.0. The molecule has 100 valence electrons. The summed E-state index contributed by atoms with van der Waals surface area (Å²) < 4.78 is 41.3. The average molecular weight is 414 g/mol. The molecule has 2 rings (SSSR count). The fourth-order valence-electron chi connectivity index (χ4n) is 1.62. The second-order valence-electron chi connectivity index (χ2n) is 3.79. The summed E-state index contributed by atoms with van der Waals surface area (Å²) in [5.74, 6) is -1.95. The van der Waals surface area contributed by atoms with Crippen molar-refractivity contribution in [3.05, 3.63) is 67.9 Å². The molecule has 2 aromatic rings. The van der Waals surface area contributed by atoms with Gasteiger partial charge in [-0.2, -0.15) is 0 Å². The van der Waals surface area contributed by atoms with E-state index >= 15 is 0 Å². The normalized spacial score (nSPS) is 12.5. The number of hydrogen-bond acceptors (Lipinski definition) is 0. The SMILES string of the molecule is Fc1cc(C(Cl)c2cccc(Br)c2F)c(F)cc1Br. The smallest absolute Gasteiger partial charge is 0.142 e. The number of halogens is 6. The highest BCUT2D eigenvalue weighted by atomic mass is 79.9. The van der Waals surface area contributed by atoms with Gasteiger partial charge in [0.25, 0.3) is 0 Å². The van der Waals surface area contributed by atoms with Gasteiger partial charge in [0.1, 0.15) is 17.5 Å². The Morgan fingerprint density at radius 1 is 0.895 bits per heavy atom. The minimum atomic E-state index is -1.11. The molecule has 0 bridgehead atoms. The first kappa shape index (κ1) is 14.9. The van der Waals surface area contributed by atoms with E-state index in [1.54, 1.807) is 6.07 Å². The summed E-state index contributed by atoms with van der Waals surface area (Å²) in [6.45, 7) is 0.